The average Bonchev–Trinajstić information content (AvgIpc) is 2.93. The van der Waals surface area contributed by atoms with Crippen LogP contribution < -0.4 is 29.6 Å². The number of carbonyl (C=O) groups excluding carboxylic acids is 1. The lowest BCUT2D eigenvalue weighted by Crippen LogP contribution is -2.31. The van der Waals surface area contributed by atoms with Crippen LogP contribution >= 0.6 is 0 Å². The Morgan fingerprint density at radius 3 is 2.55 bits per heavy atom. The fourth-order valence-electron chi connectivity index (χ4n) is 4.01. The van der Waals surface area contributed by atoms with E-state index in [2.05, 4.69) is 15.6 Å². The van der Waals surface area contributed by atoms with Crippen LogP contribution in [0.5, 0.6) is 28.7 Å². The molecular weight excluding hydrogens is 491 g/mol. The lowest BCUT2D eigenvalue weighted by atomic mass is 10.1. The molecule has 1 aromatic heterocycles. The summed E-state index contributed by atoms with van der Waals surface area (Å²) in [5.74, 6) is 1.91. The summed E-state index contributed by atoms with van der Waals surface area (Å²) in [7, 11) is 0. The first kappa shape index (κ1) is 24.6. The highest BCUT2D eigenvalue weighted by molar-refractivity contribution is 5.95. The number of fused-ring (bicyclic) bond motifs is 3. The number of benzene rings is 3. The third-order valence-corrected chi connectivity index (χ3v) is 5.79. The highest BCUT2D eigenvalue weighted by Crippen LogP contribution is 2.48. The second-order valence-electron chi connectivity index (χ2n) is 8.38. The quantitative estimate of drug-likeness (QED) is 0.324. The van der Waals surface area contributed by atoms with Crippen LogP contribution in [0.1, 0.15) is 18.5 Å². The van der Waals surface area contributed by atoms with Crippen LogP contribution in [0.4, 0.5) is 14.9 Å². The van der Waals surface area contributed by atoms with Crippen molar-refractivity contribution in [2.75, 3.05) is 25.1 Å². The van der Waals surface area contributed by atoms with E-state index in [1.807, 2.05) is 13.0 Å². The van der Waals surface area contributed by atoms with Gasteiger partial charge >= 0.3 is 6.03 Å². The van der Waals surface area contributed by atoms with Crippen LogP contribution in [0.25, 0.3) is 10.9 Å². The topological polar surface area (TPSA) is 115 Å². The largest absolute Gasteiger partial charge is 0.485 e. The number of nitriles is 1. The van der Waals surface area contributed by atoms with Gasteiger partial charge < -0.3 is 29.6 Å². The lowest BCUT2D eigenvalue weighted by Gasteiger charge is -2.23. The van der Waals surface area contributed by atoms with Crippen molar-refractivity contribution in [1.82, 2.24) is 10.3 Å². The normalized spacial score (nSPS) is 12.8. The van der Waals surface area contributed by atoms with Gasteiger partial charge in [0.2, 0.25) is 5.75 Å². The van der Waals surface area contributed by atoms with Crippen molar-refractivity contribution in [2.45, 2.75) is 13.0 Å². The zero-order valence-corrected chi connectivity index (χ0v) is 20.4. The number of rotatable bonds is 7. The number of amides is 2. The first-order valence-electron chi connectivity index (χ1n) is 11.8. The van der Waals surface area contributed by atoms with Gasteiger partial charge in [0, 0.05) is 18.0 Å². The molecule has 192 valence electrons. The maximum atomic E-state index is 13.1. The molecule has 3 aromatic carbocycles. The third kappa shape index (κ3) is 5.37. The monoisotopic (exact) mass is 514 g/mol. The van der Waals surface area contributed by atoms with Gasteiger partial charge in [-0.05, 0) is 55.0 Å². The van der Waals surface area contributed by atoms with E-state index in [0.717, 1.165) is 5.56 Å². The first-order chi connectivity index (χ1) is 18.5. The van der Waals surface area contributed by atoms with E-state index >= 15 is 0 Å². The van der Waals surface area contributed by atoms with Gasteiger partial charge in [-0.1, -0.05) is 12.1 Å². The van der Waals surface area contributed by atoms with Crippen molar-refractivity contribution in [1.29, 1.82) is 5.26 Å². The Morgan fingerprint density at radius 2 is 1.82 bits per heavy atom. The molecule has 0 spiro atoms. The molecule has 0 fully saturated rings. The molecule has 0 saturated carbocycles. The molecule has 0 bridgehead atoms. The van der Waals surface area contributed by atoms with Gasteiger partial charge in [-0.15, -0.1) is 0 Å². The van der Waals surface area contributed by atoms with Gasteiger partial charge in [-0.3, -0.25) is 4.98 Å². The fraction of sp³-hybridized carbons (Fsp3) is 0.179. The Hall–Kier alpha value is -5.04. The summed E-state index contributed by atoms with van der Waals surface area (Å²) in [6.07, 6.45) is 1.60. The first-order valence-corrected chi connectivity index (χ1v) is 11.8. The van der Waals surface area contributed by atoms with Gasteiger partial charge in [0.15, 0.2) is 18.1 Å². The molecule has 2 heterocycles. The van der Waals surface area contributed by atoms with Crippen molar-refractivity contribution < 1.29 is 28.1 Å². The van der Waals surface area contributed by atoms with Crippen LogP contribution in [0, 0.1) is 17.1 Å². The molecule has 10 heteroatoms. The number of aromatic nitrogens is 1. The maximum absolute atomic E-state index is 13.1. The second kappa shape index (κ2) is 10.9. The Balaban J connectivity index is 1.31. The number of anilines is 1. The molecule has 38 heavy (non-hydrogen) atoms. The standard InChI is InChI=1S/C28H23FN4O5/c1-17(18-2-4-19(29)5-3-18)32-28(34)33-20-6-8-21(9-7-20)38-23-10-12-31-22-16-24(35-13-11-30)26-27(25(22)23)37-15-14-36-26/h2-10,12,16-17H,13-15H2,1H3,(H2,32,33,34)/t17-/m0/s1. The molecule has 4 aromatic rings. The maximum Gasteiger partial charge on any atom is 0.319 e. The van der Waals surface area contributed by atoms with E-state index in [-0.39, 0.29) is 18.5 Å². The van der Waals surface area contributed by atoms with E-state index in [1.54, 1.807) is 54.7 Å². The molecule has 2 amide bonds. The van der Waals surface area contributed by atoms with Crippen molar-refractivity contribution in [2.24, 2.45) is 0 Å². The highest BCUT2D eigenvalue weighted by atomic mass is 19.1. The summed E-state index contributed by atoms with van der Waals surface area (Å²) in [5, 5.41) is 15.1. The summed E-state index contributed by atoms with van der Waals surface area (Å²) in [5.41, 5.74) is 1.91. The minimum Gasteiger partial charge on any atom is -0.485 e. The molecule has 1 aliphatic rings. The Bertz CT molecular complexity index is 1500. The van der Waals surface area contributed by atoms with Gasteiger partial charge in [-0.2, -0.15) is 5.26 Å². The summed E-state index contributed by atoms with van der Waals surface area (Å²) >= 11 is 0. The molecule has 1 atom stereocenters. The van der Waals surface area contributed by atoms with Gasteiger partial charge in [0.05, 0.1) is 16.9 Å². The van der Waals surface area contributed by atoms with E-state index in [4.69, 9.17) is 24.2 Å². The van der Waals surface area contributed by atoms with Crippen molar-refractivity contribution in [3.8, 4) is 34.8 Å². The van der Waals surface area contributed by atoms with Crippen LogP contribution in [0.2, 0.25) is 0 Å². The smallest absolute Gasteiger partial charge is 0.319 e. The predicted octanol–water partition coefficient (Wildman–Crippen LogP) is 5.72. The number of carbonyl (C=O) groups is 1. The Kier molecular flexibility index (Phi) is 7.08. The van der Waals surface area contributed by atoms with Gasteiger partial charge in [0.25, 0.3) is 0 Å². The zero-order valence-electron chi connectivity index (χ0n) is 20.4. The van der Waals surface area contributed by atoms with E-state index < -0.39 is 6.03 Å². The number of nitrogens with zero attached hydrogens (tertiary/aromatic N) is 2. The Labute approximate surface area is 217 Å². The van der Waals surface area contributed by atoms with Crippen molar-refractivity contribution >= 4 is 22.6 Å². The van der Waals surface area contributed by atoms with Crippen molar-refractivity contribution in [3.05, 3.63) is 78.2 Å². The van der Waals surface area contributed by atoms with Crippen LogP contribution in [-0.4, -0.2) is 30.8 Å². The van der Waals surface area contributed by atoms with E-state index in [9.17, 15) is 9.18 Å². The zero-order chi connectivity index (χ0) is 26.5. The molecule has 0 radical (unpaired) electrons. The lowest BCUT2D eigenvalue weighted by molar-refractivity contribution is 0.166. The Morgan fingerprint density at radius 1 is 1.08 bits per heavy atom. The molecular formula is C28H23FN4O5. The number of hydrogen-bond donors (Lipinski definition) is 2. The van der Waals surface area contributed by atoms with E-state index in [0.29, 0.717) is 58.6 Å². The predicted molar refractivity (Wildman–Crippen MR) is 137 cm³/mol. The number of pyridine rings is 1. The number of hydrogen-bond acceptors (Lipinski definition) is 7. The number of halogens is 1. The highest BCUT2D eigenvalue weighted by Gasteiger charge is 2.24. The summed E-state index contributed by atoms with van der Waals surface area (Å²) < 4.78 is 36.5. The number of urea groups is 1. The van der Waals surface area contributed by atoms with Crippen molar-refractivity contribution in [3.63, 3.8) is 0 Å². The minimum atomic E-state index is -0.395. The SMILES string of the molecule is C[C@H](NC(=O)Nc1ccc(Oc2ccnc3cc(OCC#N)c4c(c23)OCCO4)cc1)c1ccc(F)cc1. The minimum absolute atomic E-state index is 0.138. The molecule has 0 aliphatic carbocycles. The van der Waals surface area contributed by atoms with Gasteiger partial charge in [0.1, 0.15) is 36.6 Å². The van der Waals surface area contributed by atoms with Crippen LogP contribution in [-0.2, 0) is 0 Å². The molecule has 0 unspecified atom stereocenters. The third-order valence-electron chi connectivity index (χ3n) is 5.79. The van der Waals surface area contributed by atoms with Crippen LogP contribution in [0.3, 0.4) is 0 Å². The molecule has 1 aliphatic heterocycles. The summed E-state index contributed by atoms with van der Waals surface area (Å²) in [6.45, 7) is 2.37. The summed E-state index contributed by atoms with van der Waals surface area (Å²) in [6, 6.07) is 17.5. The van der Waals surface area contributed by atoms with Gasteiger partial charge in [-0.25, -0.2) is 9.18 Å². The second-order valence-corrected chi connectivity index (χ2v) is 8.38. The summed E-state index contributed by atoms with van der Waals surface area (Å²) in [4.78, 5) is 16.8. The van der Waals surface area contributed by atoms with Crippen LogP contribution in [0.15, 0.2) is 66.9 Å². The average molecular weight is 515 g/mol. The number of nitrogens with one attached hydrogen (secondary N) is 2. The molecule has 0 saturated heterocycles. The molecule has 2 N–H and O–H groups in total. The van der Waals surface area contributed by atoms with E-state index in [1.165, 1.54) is 12.1 Å². The molecule has 5 rings (SSSR count). The fourth-order valence-corrected chi connectivity index (χ4v) is 4.01. The number of ether oxygens (including phenoxy) is 4. The molecule has 9 nitrogen and oxygen atoms in total.